The van der Waals surface area contributed by atoms with Crippen molar-refractivity contribution in [2.45, 2.75) is 17.9 Å². The Morgan fingerprint density at radius 2 is 2.19 bits per heavy atom. The summed E-state index contributed by atoms with van der Waals surface area (Å²) in [4.78, 5) is -0.157. The molecule has 1 aromatic carbocycles. The van der Waals surface area contributed by atoms with Crippen LogP contribution in [0.15, 0.2) is 23.1 Å². The molecule has 0 saturated heterocycles. The number of halogens is 2. The summed E-state index contributed by atoms with van der Waals surface area (Å²) in [5.41, 5.74) is 5.30. The van der Waals surface area contributed by atoms with Crippen LogP contribution in [0.3, 0.4) is 0 Å². The second-order valence-corrected chi connectivity index (χ2v) is 5.42. The van der Waals surface area contributed by atoms with Crippen LogP contribution in [0.25, 0.3) is 0 Å². The van der Waals surface area contributed by atoms with E-state index in [0.717, 1.165) is 18.2 Å². The smallest absolute Gasteiger partial charge is 0.242 e. The fourth-order valence-corrected chi connectivity index (χ4v) is 2.86. The summed E-state index contributed by atoms with van der Waals surface area (Å²) in [6.45, 7) is 1.78. The maximum Gasteiger partial charge on any atom is 0.242 e. The lowest BCUT2D eigenvalue weighted by atomic mass is 10.3. The van der Waals surface area contributed by atoms with Crippen molar-refractivity contribution in [2.24, 2.45) is 5.73 Å². The van der Waals surface area contributed by atoms with E-state index >= 15 is 0 Å². The SMILES string of the molecule is CC(CN)NS(=O)(=O)c1ccc(F)cc1Cl. The third kappa shape index (κ3) is 3.15. The van der Waals surface area contributed by atoms with Gasteiger partial charge in [0.25, 0.3) is 0 Å². The van der Waals surface area contributed by atoms with Gasteiger partial charge in [-0.3, -0.25) is 0 Å². The minimum atomic E-state index is -3.75. The summed E-state index contributed by atoms with van der Waals surface area (Å²) < 4.78 is 38.6. The van der Waals surface area contributed by atoms with Gasteiger partial charge in [0.1, 0.15) is 10.7 Å². The topological polar surface area (TPSA) is 72.2 Å². The van der Waals surface area contributed by atoms with E-state index in [2.05, 4.69) is 4.72 Å². The van der Waals surface area contributed by atoms with Crippen LogP contribution in [-0.2, 0) is 10.0 Å². The van der Waals surface area contributed by atoms with Crippen LogP contribution >= 0.6 is 11.6 Å². The number of rotatable bonds is 4. The molecule has 0 aliphatic heterocycles. The van der Waals surface area contributed by atoms with E-state index in [1.807, 2.05) is 0 Å². The molecule has 1 unspecified atom stereocenters. The molecule has 0 saturated carbocycles. The molecule has 0 amide bonds. The zero-order chi connectivity index (χ0) is 12.3. The van der Waals surface area contributed by atoms with Crippen LogP contribution in [0.4, 0.5) is 4.39 Å². The van der Waals surface area contributed by atoms with Gasteiger partial charge < -0.3 is 5.73 Å². The first kappa shape index (κ1) is 13.4. The van der Waals surface area contributed by atoms with Gasteiger partial charge in [0.15, 0.2) is 0 Å². The molecule has 0 radical (unpaired) electrons. The van der Waals surface area contributed by atoms with Crippen LogP contribution in [0.5, 0.6) is 0 Å². The molecule has 7 heteroatoms. The Morgan fingerprint density at radius 1 is 1.56 bits per heavy atom. The van der Waals surface area contributed by atoms with E-state index in [9.17, 15) is 12.8 Å². The molecule has 0 aromatic heterocycles. The fourth-order valence-electron chi connectivity index (χ4n) is 1.07. The summed E-state index contributed by atoms with van der Waals surface area (Å²) in [7, 11) is -3.75. The fraction of sp³-hybridized carbons (Fsp3) is 0.333. The van der Waals surface area contributed by atoms with Gasteiger partial charge in [0, 0.05) is 12.6 Å². The van der Waals surface area contributed by atoms with Crippen molar-refractivity contribution in [3.05, 3.63) is 29.0 Å². The van der Waals surface area contributed by atoms with Gasteiger partial charge in [-0.05, 0) is 25.1 Å². The Morgan fingerprint density at radius 3 is 2.69 bits per heavy atom. The highest BCUT2D eigenvalue weighted by atomic mass is 35.5. The zero-order valence-corrected chi connectivity index (χ0v) is 10.1. The van der Waals surface area contributed by atoms with E-state index in [4.69, 9.17) is 17.3 Å². The van der Waals surface area contributed by atoms with Crippen molar-refractivity contribution in [3.8, 4) is 0 Å². The summed E-state index contributed by atoms with van der Waals surface area (Å²) in [5, 5.41) is -0.156. The highest BCUT2D eigenvalue weighted by molar-refractivity contribution is 7.89. The highest BCUT2D eigenvalue weighted by Crippen LogP contribution is 2.22. The van der Waals surface area contributed by atoms with E-state index in [1.54, 1.807) is 6.92 Å². The second-order valence-electron chi connectivity index (χ2n) is 3.33. The van der Waals surface area contributed by atoms with E-state index in [0.29, 0.717) is 0 Å². The Bertz CT molecular complexity index is 478. The first-order valence-electron chi connectivity index (χ1n) is 4.54. The van der Waals surface area contributed by atoms with Crippen molar-refractivity contribution in [3.63, 3.8) is 0 Å². The van der Waals surface area contributed by atoms with E-state index in [-0.39, 0.29) is 16.5 Å². The summed E-state index contributed by atoms with van der Waals surface area (Å²) in [6.07, 6.45) is 0. The number of nitrogens with one attached hydrogen (secondary N) is 1. The molecule has 0 bridgehead atoms. The van der Waals surface area contributed by atoms with Crippen LogP contribution in [0.1, 0.15) is 6.92 Å². The van der Waals surface area contributed by atoms with Crippen molar-refractivity contribution in [1.29, 1.82) is 0 Å². The average molecular weight is 267 g/mol. The molecule has 0 aliphatic carbocycles. The molecular weight excluding hydrogens is 255 g/mol. The zero-order valence-electron chi connectivity index (χ0n) is 8.57. The van der Waals surface area contributed by atoms with Gasteiger partial charge in [-0.25, -0.2) is 17.5 Å². The van der Waals surface area contributed by atoms with Crippen LogP contribution in [-0.4, -0.2) is 21.0 Å². The lowest BCUT2D eigenvalue weighted by Gasteiger charge is -2.12. The molecule has 0 fully saturated rings. The second kappa shape index (κ2) is 5.09. The molecule has 0 heterocycles. The Hall–Kier alpha value is -0.690. The largest absolute Gasteiger partial charge is 0.329 e. The highest BCUT2D eigenvalue weighted by Gasteiger charge is 2.19. The molecule has 90 valence electrons. The molecule has 3 N–H and O–H groups in total. The van der Waals surface area contributed by atoms with E-state index in [1.165, 1.54) is 0 Å². The number of hydrogen-bond donors (Lipinski definition) is 2. The number of hydrogen-bond acceptors (Lipinski definition) is 3. The van der Waals surface area contributed by atoms with Gasteiger partial charge >= 0.3 is 0 Å². The first-order chi connectivity index (χ1) is 7.36. The normalized spacial score (nSPS) is 13.8. The number of sulfonamides is 1. The van der Waals surface area contributed by atoms with Crippen LogP contribution in [0.2, 0.25) is 5.02 Å². The van der Waals surface area contributed by atoms with Gasteiger partial charge in [0.05, 0.1) is 5.02 Å². The summed E-state index contributed by atoms with van der Waals surface area (Å²) in [5.74, 6) is -0.587. The van der Waals surface area contributed by atoms with Crippen molar-refractivity contribution >= 4 is 21.6 Å². The number of nitrogens with two attached hydrogens (primary N) is 1. The maximum absolute atomic E-state index is 12.7. The quantitative estimate of drug-likeness (QED) is 0.857. The molecule has 0 spiro atoms. The molecule has 1 atom stereocenters. The Kier molecular flexibility index (Phi) is 4.26. The maximum atomic E-state index is 12.7. The van der Waals surface area contributed by atoms with Gasteiger partial charge in [-0.2, -0.15) is 0 Å². The summed E-state index contributed by atoms with van der Waals surface area (Å²) in [6, 6.07) is 2.69. The molecule has 1 aromatic rings. The predicted molar refractivity (Wildman–Crippen MR) is 60.2 cm³/mol. The summed E-state index contributed by atoms with van der Waals surface area (Å²) >= 11 is 5.65. The molecule has 1 rings (SSSR count). The van der Waals surface area contributed by atoms with E-state index < -0.39 is 21.9 Å². The predicted octanol–water partition coefficient (Wildman–Crippen LogP) is 1.10. The Labute approximate surface area is 98.6 Å². The number of benzene rings is 1. The monoisotopic (exact) mass is 266 g/mol. The lowest BCUT2D eigenvalue weighted by Crippen LogP contribution is -2.37. The van der Waals surface area contributed by atoms with Gasteiger partial charge in [0.2, 0.25) is 10.0 Å². The molecule has 0 aliphatic rings. The molecule has 16 heavy (non-hydrogen) atoms. The average Bonchev–Trinajstić information content (AvgIpc) is 2.16. The van der Waals surface area contributed by atoms with Crippen molar-refractivity contribution in [1.82, 2.24) is 4.72 Å². The lowest BCUT2D eigenvalue weighted by molar-refractivity contribution is 0.562. The van der Waals surface area contributed by atoms with Gasteiger partial charge in [-0.1, -0.05) is 11.6 Å². The molecule has 4 nitrogen and oxygen atoms in total. The first-order valence-corrected chi connectivity index (χ1v) is 6.40. The molecular formula is C9H12ClFN2O2S. The van der Waals surface area contributed by atoms with Crippen LogP contribution < -0.4 is 10.5 Å². The minimum absolute atomic E-state index is 0.156. The van der Waals surface area contributed by atoms with Crippen molar-refractivity contribution in [2.75, 3.05) is 6.54 Å². The van der Waals surface area contributed by atoms with Crippen LogP contribution in [0, 0.1) is 5.82 Å². The minimum Gasteiger partial charge on any atom is -0.329 e. The third-order valence-electron chi connectivity index (χ3n) is 1.89. The van der Waals surface area contributed by atoms with Crippen molar-refractivity contribution < 1.29 is 12.8 Å². The Balaban J connectivity index is 3.08. The standard InChI is InChI=1S/C9H12ClFN2O2S/c1-6(5-12)13-16(14,15)9-3-2-7(11)4-8(9)10/h2-4,6,13H,5,12H2,1H3. The third-order valence-corrected chi connectivity index (χ3v) is 3.97. The van der Waals surface area contributed by atoms with Gasteiger partial charge in [-0.15, -0.1) is 0 Å².